The van der Waals surface area contributed by atoms with Gasteiger partial charge in [0.25, 0.3) is 0 Å². The van der Waals surface area contributed by atoms with E-state index in [0.29, 0.717) is 59.7 Å². The molecule has 5 rings (SSSR count). The minimum Gasteiger partial charge on any atom is -0.481 e. The summed E-state index contributed by atoms with van der Waals surface area (Å²) in [6.45, 7) is 9.15. The van der Waals surface area contributed by atoms with Crippen molar-refractivity contribution in [2.24, 2.45) is 52.3 Å². The largest absolute Gasteiger partial charge is 0.481 e. The maximum Gasteiger partial charge on any atom is 0.338 e. The monoisotopic (exact) mass is 536 g/mol. The van der Waals surface area contributed by atoms with Gasteiger partial charge in [0.05, 0.1) is 11.5 Å². The zero-order valence-corrected chi connectivity index (χ0v) is 24.4. The molecule has 214 valence electrons. The van der Waals surface area contributed by atoms with Crippen molar-refractivity contribution in [3.63, 3.8) is 0 Å². The highest BCUT2D eigenvalue weighted by Crippen LogP contribution is 2.68. The van der Waals surface area contributed by atoms with Crippen LogP contribution in [0, 0.1) is 52.3 Å². The molecule has 4 aliphatic carbocycles. The molecule has 4 fully saturated rings. The van der Waals surface area contributed by atoms with Crippen molar-refractivity contribution in [1.29, 1.82) is 0 Å². The number of ether oxygens (including phenoxy) is 1. The molecule has 0 heterocycles. The lowest BCUT2D eigenvalue weighted by molar-refractivity contribution is -0.170. The zero-order valence-electron chi connectivity index (χ0n) is 24.4. The van der Waals surface area contributed by atoms with E-state index in [-0.39, 0.29) is 28.8 Å². The standard InChI is InChI=1S/C34H48O5/c1-21(9-8-10-22(2)31(36)37)26-13-14-27-30-28(16-18-34(26,27)4)33(3)17-15-25(35)19-24(33)20-29(30)39-32(38)23-11-6-5-7-12-23/h5-7,11-12,21-22,24,26-30H,8-10,13-20H2,1-4H3,(H,36,37)/t21-,22?,24-,26?,27?,28?,29-,30?,33?,34?/m1/s1. The van der Waals surface area contributed by atoms with E-state index in [1.807, 2.05) is 37.3 Å². The van der Waals surface area contributed by atoms with Crippen LogP contribution in [-0.4, -0.2) is 28.9 Å². The van der Waals surface area contributed by atoms with Crippen LogP contribution in [0.25, 0.3) is 0 Å². The second-order valence-electron chi connectivity index (χ2n) is 14.2. The number of benzene rings is 1. The van der Waals surface area contributed by atoms with Crippen LogP contribution in [0.2, 0.25) is 0 Å². The summed E-state index contributed by atoms with van der Waals surface area (Å²) in [5, 5.41) is 9.29. The van der Waals surface area contributed by atoms with Gasteiger partial charge in [-0.3, -0.25) is 9.59 Å². The predicted molar refractivity (Wildman–Crippen MR) is 151 cm³/mol. The highest BCUT2D eigenvalue weighted by Gasteiger charge is 2.63. The van der Waals surface area contributed by atoms with Gasteiger partial charge >= 0.3 is 11.9 Å². The normalized spacial score (nSPS) is 39.1. The van der Waals surface area contributed by atoms with E-state index in [0.717, 1.165) is 38.5 Å². The van der Waals surface area contributed by atoms with Gasteiger partial charge in [0.2, 0.25) is 0 Å². The average molecular weight is 537 g/mol. The third-order valence-electron chi connectivity index (χ3n) is 12.2. The third kappa shape index (κ3) is 5.20. The first-order valence-corrected chi connectivity index (χ1v) is 15.5. The number of fused-ring (bicyclic) bond motifs is 5. The number of ketones is 1. The highest BCUT2D eigenvalue weighted by atomic mass is 16.5. The number of hydrogen-bond acceptors (Lipinski definition) is 4. The van der Waals surface area contributed by atoms with Crippen LogP contribution in [0.4, 0.5) is 0 Å². The summed E-state index contributed by atoms with van der Waals surface area (Å²) in [7, 11) is 0. The topological polar surface area (TPSA) is 80.7 Å². The van der Waals surface area contributed by atoms with Crippen LogP contribution in [0.15, 0.2) is 30.3 Å². The molecule has 0 bridgehead atoms. The van der Waals surface area contributed by atoms with Crippen molar-refractivity contribution in [2.75, 3.05) is 0 Å². The summed E-state index contributed by atoms with van der Waals surface area (Å²) < 4.78 is 6.43. The van der Waals surface area contributed by atoms with Gasteiger partial charge in [0.15, 0.2) is 0 Å². The minimum absolute atomic E-state index is 0.137. The quantitative estimate of drug-likeness (QED) is 0.346. The Balaban J connectivity index is 1.38. The first kappa shape index (κ1) is 28.4. The van der Waals surface area contributed by atoms with Gasteiger partial charge in [-0.25, -0.2) is 4.79 Å². The Morgan fingerprint density at radius 2 is 1.72 bits per heavy atom. The maximum absolute atomic E-state index is 13.3. The Bertz CT molecular complexity index is 1070. The fourth-order valence-corrected chi connectivity index (χ4v) is 9.94. The van der Waals surface area contributed by atoms with Gasteiger partial charge in [-0.2, -0.15) is 0 Å². The lowest BCUT2D eigenvalue weighted by atomic mass is 9.43. The fraction of sp³-hybridized carbons (Fsp3) is 0.735. The highest BCUT2D eigenvalue weighted by molar-refractivity contribution is 5.89. The fourth-order valence-electron chi connectivity index (χ4n) is 9.94. The number of carbonyl (C=O) groups excluding carboxylic acids is 2. The first-order chi connectivity index (χ1) is 18.5. The molecule has 4 aliphatic rings. The van der Waals surface area contributed by atoms with Crippen LogP contribution in [0.3, 0.4) is 0 Å². The van der Waals surface area contributed by atoms with Crippen molar-refractivity contribution in [3.8, 4) is 0 Å². The molecule has 0 aromatic heterocycles. The molecular formula is C34H48O5. The van der Waals surface area contributed by atoms with Crippen LogP contribution in [0.5, 0.6) is 0 Å². The molecule has 10 atom stereocenters. The number of hydrogen-bond donors (Lipinski definition) is 1. The van der Waals surface area contributed by atoms with Gasteiger partial charge in [-0.15, -0.1) is 0 Å². The number of esters is 1. The summed E-state index contributed by atoms with van der Waals surface area (Å²) in [6.07, 6.45) is 10.5. The summed E-state index contributed by atoms with van der Waals surface area (Å²) in [5.74, 6) is 1.99. The molecule has 1 aromatic rings. The van der Waals surface area contributed by atoms with Crippen molar-refractivity contribution < 1.29 is 24.2 Å². The smallest absolute Gasteiger partial charge is 0.338 e. The van der Waals surface area contributed by atoms with Gasteiger partial charge in [-0.05, 0) is 97.5 Å². The molecule has 4 saturated carbocycles. The molecule has 5 nitrogen and oxygen atoms in total. The molecule has 1 N–H and O–H groups in total. The maximum atomic E-state index is 13.3. The SMILES string of the molecule is CC(CCC[C@@H](C)C1CCC2C3C(CCC21C)C1(C)CCC(=O)C[C@@H]1C[C@H]3OC(=O)c1ccccc1)C(=O)O. The van der Waals surface area contributed by atoms with Gasteiger partial charge in [-0.1, -0.05) is 58.7 Å². The molecule has 0 amide bonds. The molecule has 39 heavy (non-hydrogen) atoms. The predicted octanol–water partition coefficient (Wildman–Crippen LogP) is 7.58. The van der Waals surface area contributed by atoms with E-state index in [2.05, 4.69) is 20.8 Å². The molecule has 0 radical (unpaired) electrons. The second-order valence-corrected chi connectivity index (χ2v) is 14.2. The number of carbonyl (C=O) groups is 3. The van der Waals surface area contributed by atoms with Gasteiger partial charge in [0.1, 0.15) is 11.9 Å². The van der Waals surface area contributed by atoms with Crippen molar-refractivity contribution in [1.82, 2.24) is 0 Å². The minimum atomic E-state index is -0.696. The lowest BCUT2D eigenvalue weighted by Crippen LogP contribution is -2.59. The van der Waals surface area contributed by atoms with E-state index >= 15 is 0 Å². The Morgan fingerprint density at radius 3 is 2.44 bits per heavy atom. The van der Waals surface area contributed by atoms with Crippen LogP contribution in [-0.2, 0) is 14.3 Å². The zero-order chi connectivity index (χ0) is 27.9. The molecule has 7 unspecified atom stereocenters. The van der Waals surface area contributed by atoms with Crippen LogP contribution >= 0.6 is 0 Å². The Labute approximate surface area is 234 Å². The Kier molecular flexibility index (Phi) is 8.01. The van der Waals surface area contributed by atoms with Crippen LogP contribution < -0.4 is 0 Å². The Morgan fingerprint density at radius 1 is 1.00 bits per heavy atom. The van der Waals surface area contributed by atoms with E-state index in [1.54, 1.807) is 0 Å². The van der Waals surface area contributed by atoms with E-state index in [4.69, 9.17) is 4.74 Å². The second kappa shape index (κ2) is 11.0. The Hall–Kier alpha value is -2.17. The molecular weight excluding hydrogens is 488 g/mol. The summed E-state index contributed by atoms with van der Waals surface area (Å²) in [5.41, 5.74) is 0.963. The van der Waals surface area contributed by atoms with Gasteiger partial charge in [0, 0.05) is 18.8 Å². The summed E-state index contributed by atoms with van der Waals surface area (Å²) in [4.78, 5) is 37.2. The van der Waals surface area contributed by atoms with E-state index in [9.17, 15) is 19.5 Å². The number of rotatable bonds is 8. The van der Waals surface area contributed by atoms with Crippen molar-refractivity contribution >= 4 is 17.7 Å². The molecule has 0 aliphatic heterocycles. The molecule has 0 spiro atoms. The van der Waals surface area contributed by atoms with Crippen molar-refractivity contribution in [2.45, 2.75) is 104 Å². The van der Waals surface area contributed by atoms with Crippen molar-refractivity contribution in [3.05, 3.63) is 35.9 Å². The number of carboxylic acids is 1. The van der Waals surface area contributed by atoms with E-state index < -0.39 is 5.97 Å². The molecule has 1 aromatic carbocycles. The summed E-state index contributed by atoms with van der Waals surface area (Å²) >= 11 is 0. The van der Waals surface area contributed by atoms with Crippen LogP contribution in [0.1, 0.15) is 109 Å². The van der Waals surface area contributed by atoms with Gasteiger partial charge < -0.3 is 9.84 Å². The number of Topliss-reactive ketones (excluding diaryl/α,β-unsaturated/α-hetero) is 1. The van der Waals surface area contributed by atoms with E-state index in [1.165, 1.54) is 19.3 Å². The molecule has 5 heteroatoms. The molecule has 0 saturated heterocycles. The number of aliphatic carboxylic acids is 1. The average Bonchev–Trinajstić information content (AvgIpc) is 3.27. The lowest BCUT2D eigenvalue weighted by Gasteiger charge is -2.62. The first-order valence-electron chi connectivity index (χ1n) is 15.5. The third-order valence-corrected chi connectivity index (χ3v) is 12.2. The summed E-state index contributed by atoms with van der Waals surface area (Å²) in [6, 6.07) is 9.35. The number of carboxylic acid groups (broad SMARTS) is 1.